The molecule has 4 rings (SSSR count). The molecule has 2 aliphatic carbocycles. The molecule has 2 saturated carbocycles. The van der Waals surface area contributed by atoms with Gasteiger partial charge in [-0.15, -0.1) is 0 Å². The summed E-state index contributed by atoms with van der Waals surface area (Å²) in [5.41, 5.74) is 1.51. The fraction of sp³-hybridized carbons (Fsp3) is 0.474. The van der Waals surface area contributed by atoms with Crippen molar-refractivity contribution in [2.45, 2.75) is 51.0 Å². The fourth-order valence-electron chi connectivity index (χ4n) is 3.60. The van der Waals surface area contributed by atoms with Crippen molar-refractivity contribution in [1.29, 1.82) is 0 Å². The highest BCUT2D eigenvalue weighted by Gasteiger charge is 2.53. The van der Waals surface area contributed by atoms with Gasteiger partial charge in [0.1, 0.15) is 5.57 Å². The molecule has 0 bridgehead atoms. The second-order valence-electron chi connectivity index (χ2n) is 6.81. The van der Waals surface area contributed by atoms with Crippen LogP contribution in [0.4, 0.5) is 0 Å². The van der Waals surface area contributed by atoms with E-state index in [1.54, 1.807) is 0 Å². The maximum Gasteiger partial charge on any atom is 0.343 e. The zero-order valence-electron chi connectivity index (χ0n) is 13.3. The Morgan fingerprint density at radius 2 is 1.91 bits per heavy atom. The molecule has 1 aromatic rings. The minimum Gasteiger partial charge on any atom is -0.447 e. The first-order chi connectivity index (χ1) is 11.1. The number of aryl methyl sites for hydroxylation is 1. The molecule has 0 aromatic heterocycles. The highest BCUT2D eigenvalue weighted by atomic mass is 16.6. The van der Waals surface area contributed by atoms with Gasteiger partial charge in [0.05, 0.1) is 5.92 Å². The summed E-state index contributed by atoms with van der Waals surface area (Å²) in [6.45, 7) is 1.95. The van der Waals surface area contributed by atoms with Crippen LogP contribution >= 0.6 is 0 Å². The van der Waals surface area contributed by atoms with Gasteiger partial charge in [0.25, 0.3) is 0 Å². The SMILES string of the molecule is Cc1ccccc1C1=C(OC(=O)C2CC2)C2(CCCC2)OC1=O. The third-order valence-electron chi connectivity index (χ3n) is 5.07. The van der Waals surface area contributed by atoms with Gasteiger partial charge in [-0.2, -0.15) is 0 Å². The molecule has 4 heteroatoms. The number of carbonyl (C=O) groups is 2. The number of esters is 2. The smallest absolute Gasteiger partial charge is 0.343 e. The largest absolute Gasteiger partial charge is 0.447 e. The van der Waals surface area contributed by atoms with E-state index in [-0.39, 0.29) is 17.9 Å². The monoisotopic (exact) mass is 312 g/mol. The standard InChI is InChI=1S/C19H20O4/c1-12-6-2-3-7-14(12)15-16(22-17(20)13-8-9-13)19(23-18(15)21)10-4-5-11-19/h2-3,6-7,13H,4-5,8-11H2,1H3. The van der Waals surface area contributed by atoms with E-state index in [0.29, 0.717) is 11.3 Å². The lowest BCUT2D eigenvalue weighted by molar-refractivity contribution is -0.152. The third kappa shape index (κ3) is 2.37. The van der Waals surface area contributed by atoms with Gasteiger partial charge < -0.3 is 9.47 Å². The van der Waals surface area contributed by atoms with E-state index in [4.69, 9.17) is 9.47 Å². The van der Waals surface area contributed by atoms with Crippen molar-refractivity contribution in [3.05, 3.63) is 41.2 Å². The molecule has 0 N–H and O–H groups in total. The van der Waals surface area contributed by atoms with Crippen LogP contribution in [0.1, 0.15) is 49.7 Å². The van der Waals surface area contributed by atoms with Gasteiger partial charge in [0, 0.05) is 0 Å². The lowest BCUT2D eigenvalue weighted by Crippen LogP contribution is -2.30. The Morgan fingerprint density at radius 3 is 2.57 bits per heavy atom. The van der Waals surface area contributed by atoms with E-state index < -0.39 is 5.60 Å². The van der Waals surface area contributed by atoms with Crippen molar-refractivity contribution in [3.63, 3.8) is 0 Å². The Labute approximate surface area is 135 Å². The lowest BCUT2D eigenvalue weighted by atomic mass is 9.93. The molecule has 0 saturated heterocycles. The van der Waals surface area contributed by atoms with Crippen molar-refractivity contribution in [3.8, 4) is 0 Å². The van der Waals surface area contributed by atoms with Crippen molar-refractivity contribution < 1.29 is 19.1 Å². The molecule has 4 nitrogen and oxygen atoms in total. The van der Waals surface area contributed by atoms with E-state index in [1.165, 1.54) is 0 Å². The zero-order valence-corrected chi connectivity index (χ0v) is 13.3. The number of rotatable bonds is 3. The first-order valence-corrected chi connectivity index (χ1v) is 8.36. The van der Waals surface area contributed by atoms with Gasteiger partial charge in [0.15, 0.2) is 11.4 Å². The van der Waals surface area contributed by atoms with Crippen LogP contribution in [0.15, 0.2) is 30.0 Å². The van der Waals surface area contributed by atoms with Crippen LogP contribution in [-0.2, 0) is 19.1 Å². The minimum atomic E-state index is -0.723. The first-order valence-electron chi connectivity index (χ1n) is 8.36. The van der Waals surface area contributed by atoms with Crippen LogP contribution in [0.5, 0.6) is 0 Å². The van der Waals surface area contributed by atoms with Crippen molar-refractivity contribution in [2.24, 2.45) is 5.92 Å². The molecule has 0 atom stereocenters. The van der Waals surface area contributed by atoms with E-state index in [1.807, 2.05) is 31.2 Å². The number of carbonyl (C=O) groups excluding carboxylic acids is 2. The van der Waals surface area contributed by atoms with Crippen molar-refractivity contribution in [1.82, 2.24) is 0 Å². The van der Waals surface area contributed by atoms with E-state index >= 15 is 0 Å². The molecule has 1 aliphatic heterocycles. The second kappa shape index (κ2) is 5.22. The summed E-state index contributed by atoms with van der Waals surface area (Å²) in [5, 5.41) is 0. The lowest BCUT2D eigenvalue weighted by Gasteiger charge is -2.24. The number of benzene rings is 1. The van der Waals surface area contributed by atoms with Gasteiger partial charge in [-0.3, -0.25) is 4.79 Å². The highest BCUT2D eigenvalue weighted by molar-refractivity contribution is 6.20. The third-order valence-corrected chi connectivity index (χ3v) is 5.07. The fourth-order valence-corrected chi connectivity index (χ4v) is 3.60. The molecular formula is C19H20O4. The second-order valence-corrected chi connectivity index (χ2v) is 6.81. The molecule has 0 amide bonds. The van der Waals surface area contributed by atoms with E-state index in [2.05, 4.69) is 0 Å². The van der Waals surface area contributed by atoms with Crippen LogP contribution in [-0.4, -0.2) is 17.5 Å². The summed E-state index contributed by atoms with van der Waals surface area (Å²) in [5.74, 6) is -0.114. The first kappa shape index (κ1) is 14.5. The summed E-state index contributed by atoms with van der Waals surface area (Å²) >= 11 is 0. The molecule has 0 radical (unpaired) electrons. The number of ether oxygens (including phenoxy) is 2. The quantitative estimate of drug-likeness (QED) is 0.801. The molecule has 0 unspecified atom stereocenters. The number of hydrogen-bond acceptors (Lipinski definition) is 4. The average molecular weight is 312 g/mol. The zero-order chi connectivity index (χ0) is 16.0. The van der Waals surface area contributed by atoms with Crippen molar-refractivity contribution in [2.75, 3.05) is 0 Å². The Kier molecular flexibility index (Phi) is 3.29. The van der Waals surface area contributed by atoms with Gasteiger partial charge in [-0.05, 0) is 56.6 Å². The Balaban J connectivity index is 1.82. The normalized spacial score (nSPS) is 22.6. The summed E-state index contributed by atoms with van der Waals surface area (Å²) in [7, 11) is 0. The van der Waals surface area contributed by atoms with Crippen LogP contribution in [0.2, 0.25) is 0 Å². The molecule has 23 heavy (non-hydrogen) atoms. The summed E-state index contributed by atoms with van der Waals surface area (Å²) in [6, 6.07) is 7.67. The minimum absolute atomic E-state index is 0.00484. The summed E-state index contributed by atoms with van der Waals surface area (Å²) < 4.78 is 11.5. The van der Waals surface area contributed by atoms with Crippen LogP contribution in [0.25, 0.3) is 5.57 Å². The molecular weight excluding hydrogens is 292 g/mol. The Morgan fingerprint density at radius 1 is 1.22 bits per heavy atom. The Hall–Kier alpha value is -2.10. The molecule has 1 spiro atoms. The van der Waals surface area contributed by atoms with Crippen LogP contribution in [0, 0.1) is 12.8 Å². The van der Waals surface area contributed by atoms with Gasteiger partial charge in [-0.25, -0.2) is 4.79 Å². The molecule has 1 heterocycles. The number of hydrogen-bond donors (Lipinski definition) is 0. The summed E-state index contributed by atoms with van der Waals surface area (Å²) in [4.78, 5) is 24.8. The predicted octanol–water partition coefficient (Wildman–Crippen LogP) is 3.53. The van der Waals surface area contributed by atoms with Gasteiger partial charge >= 0.3 is 11.9 Å². The maximum absolute atomic E-state index is 12.6. The van der Waals surface area contributed by atoms with Crippen LogP contribution in [0.3, 0.4) is 0 Å². The molecule has 3 aliphatic rings. The van der Waals surface area contributed by atoms with Gasteiger partial charge in [-0.1, -0.05) is 24.3 Å². The molecule has 120 valence electrons. The van der Waals surface area contributed by atoms with Crippen molar-refractivity contribution >= 4 is 17.5 Å². The van der Waals surface area contributed by atoms with E-state index in [9.17, 15) is 9.59 Å². The summed E-state index contributed by atoms with van der Waals surface area (Å²) in [6.07, 6.45) is 5.21. The predicted molar refractivity (Wildman–Crippen MR) is 84.2 cm³/mol. The van der Waals surface area contributed by atoms with Crippen LogP contribution < -0.4 is 0 Å². The average Bonchev–Trinajstić information content (AvgIpc) is 3.23. The van der Waals surface area contributed by atoms with Gasteiger partial charge in [0.2, 0.25) is 0 Å². The molecule has 1 aromatic carbocycles. The maximum atomic E-state index is 12.6. The molecule has 2 fully saturated rings. The Bertz CT molecular complexity index is 706. The highest BCUT2D eigenvalue weighted by Crippen LogP contribution is 2.49. The topological polar surface area (TPSA) is 52.6 Å². The van der Waals surface area contributed by atoms with E-state index in [0.717, 1.165) is 49.7 Å².